The largest absolute Gasteiger partial charge is 0.573 e. The van der Waals surface area contributed by atoms with Gasteiger partial charge in [0.25, 0.3) is 10.0 Å². The SMILES string of the molecule is O=S(=O)(Nc1nccs1)c1ccc(CNCc2ccc(OC(F)(F)F)c(F)c2)cc1F. The fraction of sp³-hybridized carbons (Fsp3) is 0.167. The maximum atomic E-state index is 14.3. The van der Waals surface area contributed by atoms with E-state index in [9.17, 15) is 30.4 Å². The lowest BCUT2D eigenvalue weighted by molar-refractivity contribution is -0.275. The molecule has 0 spiro atoms. The van der Waals surface area contributed by atoms with E-state index in [1.807, 2.05) is 0 Å². The number of thiazole rings is 1. The molecule has 3 aromatic rings. The second-order valence-corrected chi connectivity index (χ2v) is 8.67. The number of ether oxygens (including phenoxy) is 1. The summed E-state index contributed by atoms with van der Waals surface area (Å²) in [6, 6.07) is 6.52. The molecule has 3 rings (SSSR count). The molecule has 166 valence electrons. The van der Waals surface area contributed by atoms with Crippen LogP contribution in [0.3, 0.4) is 0 Å². The number of hydrogen-bond donors (Lipinski definition) is 2. The first-order valence-corrected chi connectivity index (χ1v) is 10.9. The molecule has 1 heterocycles. The van der Waals surface area contributed by atoms with Crippen molar-refractivity contribution in [1.29, 1.82) is 0 Å². The summed E-state index contributed by atoms with van der Waals surface area (Å²) >= 11 is 1.04. The minimum Gasteiger partial charge on any atom is -0.403 e. The molecule has 0 atom stereocenters. The molecule has 0 aliphatic rings. The van der Waals surface area contributed by atoms with Gasteiger partial charge in [-0.25, -0.2) is 22.2 Å². The Morgan fingerprint density at radius 3 is 2.19 bits per heavy atom. The summed E-state index contributed by atoms with van der Waals surface area (Å²) in [5, 5.41) is 4.53. The first kappa shape index (κ1) is 22.9. The molecular weight excluding hydrogens is 465 g/mol. The van der Waals surface area contributed by atoms with Crippen molar-refractivity contribution in [2.24, 2.45) is 0 Å². The van der Waals surface area contributed by atoms with Crippen LogP contribution in [0.1, 0.15) is 11.1 Å². The minimum absolute atomic E-state index is 0.0660. The van der Waals surface area contributed by atoms with Crippen LogP contribution in [0.4, 0.5) is 27.1 Å². The average molecular weight is 479 g/mol. The molecule has 6 nitrogen and oxygen atoms in total. The predicted octanol–water partition coefficient (Wildman–Crippen LogP) is 4.41. The van der Waals surface area contributed by atoms with E-state index in [0.29, 0.717) is 11.1 Å². The Hall–Kier alpha value is -2.77. The highest BCUT2D eigenvalue weighted by molar-refractivity contribution is 7.93. The molecular formula is C18H14F5N3O3S2. The van der Waals surface area contributed by atoms with E-state index in [1.54, 1.807) is 5.38 Å². The molecule has 1 aromatic heterocycles. The van der Waals surface area contributed by atoms with Crippen molar-refractivity contribution in [1.82, 2.24) is 10.3 Å². The van der Waals surface area contributed by atoms with Gasteiger partial charge in [-0.3, -0.25) is 4.72 Å². The molecule has 0 saturated heterocycles. The van der Waals surface area contributed by atoms with Gasteiger partial charge < -0.3 is 10.1 Å². The molecule has 0 amide bonds. The highest BCUT2D eigenvalue weighted by Gasteiger charge is 2.32. The van der Waals surface area contributed by atoms with Crippen molar-refractivity contribution in [2.45, 2.75) is 24.3 Å². The number of hydrogen-bond acceptors (Lipinski definition) is 6. The van der Waals surface area contributed by atoms with Gasteiger partial charge in [-0.05, 0) is 35.4 Å². The zero-order chi connectivity index (χ0) is 22.6. The molecule has 13 heteroatoms. The van der Waals surface area contributed by atoms with E-state index in [4.69, 9.17) is 0 Å². The number of anilines is 1. The summed E-state index contributed by atoms with van der Waals surface area (Å²) < 4.78 is 94.8. The van der Waals surface area contributed by atoms with Crippen LogP contribution in [0.25, 0.3) is 0 Å². The Morgan fingerprint density at radius 1 is 1.00 bits per heavy atom. The van der Waals surface area contributed by atoms with Crippen molar-refractivity contribution in [3.8, 4) is 5.75 Å². The minimum atomic E-state index is -5.00. The molecule has 0 radical (unpaired) electrons. The third kappa shape index (κ3) is 6.35. The molecule has 2 aromatic carbocycles. The fourth-order valence-electron chi connectivity index (χ4n) is 2.53. The molecule has 31 heavy (non-hydrogen) atoms. The number of aromatic nitrogens is 1. The summed E-state index contributed by atoms with van der Waals surface area (Å²) in [6.07, 6.45) is -3.60. The summed E-state index contributed by atoms with van der Waals surface area (Å²) in [4.78, 5) is 3.23. The molecule has 0 fully saturated rings. The standard InChI is InChI=1S/C18H14F5N3O3S2/c19-13-7-11(1-3-15(13)29-18(21,22)23)9-24-10-12-2-4-16(14(20)8-12)31(27,28)26-17-25-5-6-30-17/h1-8,24H,9-10H2,(H,25,26). The van der Waals surface area contributed by atoms with Crippen LogP contribution in [0.2, 0.25) is 0 Å². The number of alkyl halides is 3. The van der Waals surface area contributed by atoms with Gasteiger partial charge in [0.2, 0.25) is 0 Å². The van der Waals surface area contributed by atoms with Gasteiger partial charge in [0.05, 0.1) is 0 Å². The summed E-state index contributed by atoms with van der Waals surface area (Å²) in [6.45, 7) is 0.163. The van der Waals surface area contributed by atoms with Gasteiger partial charge in [-0.1, -0.05) is 12.1 Å². The number of benzene rings is 2. The Kier molecular flexibility index (Phi) is 6.77. The van der Waals surface area contributed by atoms with Crippen molar-refractivity contribution < 1.29 is 35.1 Å². The Balaban J connectivity index is 1.60. The zero-order valence-electron chi connectivity index (χ0n) is 15.4. The second kappa shape index (κ2) is 9.16. The highest BCUT2D eigenvalue weighted by atomic mass is 32.2. The van der Waals surface area contributed by atoms with Crippen LogP contribution in [-0.4, -0.2) is 19.8 Å². The lowest BCUT2D eigenvalue weighted by Crippen LogP contribution is -2.18. The Morgan fingerprint density at radius 2 is 1.65 bits per heavy atom. The Labute approximate surface area is 177 Å². The molecule has 0 saturated carbocycles. The maximum Gasteiger partial charge on any atom is 0.573 e. The van der Waals surface area contributed by atoms with Gasteiger partial charge >= 0.3 is 6.36 Å². The highest BCUT2D eigenvalue weighted by Crippen LogP contribution is 2.26. The quantitative estimate of drug-likeness (QED) is 0.468. The summed E-state index contributed by atoms with van der Waals surface area (Å²) in [5.41, 5.74) is 0.738. The van der Waals surface area contributed by atoms with Crippen molar-refractivity contribution in [3.05, 3.63) is 70.7 Å². The van der Waals surface area contributed by atoms with E-state index in [0.717, 1.165) is 35.6 Å². The second-order valence-electron chi connectivity index (χ2n) is 6.12. The van der Waals surface area contributed by atoms with Crippen LogP contribution in [0.15, 0.2) is 52.9 Å². The molecule has 0 aliphatic carbocycles. The van der Waals surface area contributed by atoms with Crippen molar-refractivity contribution in [3.63, 3.8) is 0 Å². The number of rotatable bonds is 8. The van der Waals surface area contributed by atoms with Gasteiger partial charge in [-0.2, -0.15) is 0 Å². The fourth-order valence-corrected chi connectivity index (χ4v) is 4.38. The third-order valence-corrected chi connectivity index (χ3v) is 6.01. The lowest BCUT2D eigenvalue weighted by atomic mass is 10.2. The average Bonchev–Trinajstić information content (AvgIpc) is 3.15. The molecule has 0 bridgehead atoms. The van der Waals surface area contributed by atoms with Gasteiger partial charge in [0.15, 0.2) is 16.7 Å². The molecule has 2 N–H and O–H groups in total. The topological polar surface area (TPSA) is 80.3 Å². The van der Waals surface area contributed by atoms with Crippen LogP contribution >= 0.6 is 11.3 Å². The van der Waals surface area contributed by atoms with E-state index >= 15 is 0 Å². The number of sulfonamides is 1. The number of halogens is 5. The number of nitrogens with zero attached hydrogens (tertiary/aromatic N) is 1. The zero-order valence-corrected chi connectivity index (χ0v) is 17.0. The third-order valence-electron chi connectivity index (χ3n) is 3.82. The summed E-state index contributed by atoms with van der Waals surface area (Å²) in [7, 11) is -4.15. The smallest absolute Gasteiger partial charge is 0.403 e. The molecule has 0 aliphatic heterocycles. The van der Waals surface area contributed by atoms with Crippen LogP contribution in [0.5, 0.6) is 5.75 Å². The van der Waals surface area contributed by atoms with E-state index in [-0.39, 0.29) is 18.2 Å². The molecule has 0 unspecified atom stereocenters. The number of nitrogens with one attached hydrogen (secondary N) is 2. The first-order valence-electron chi connectivity index (χ1n) is 8.49. The summed E-state index contributed by atoms with van der Waals surface area (Å²) in [5.74, 6) is -3.09. The predicted molar refractivity (Wildman–Crippen MR) is 103 cm³/mol. The van der Waals surface area contributed by atoms with Crippen molar-refractivity contribution >= 4 is 26.5 Å². The van der Waals surface area contributed by atoms with Crippen LogP contribution < -0.4 is 14.8 Å². The monoisotopic (exact) mass is 479 g/mol. The van der Waals surface area contributed by atoms with E-state index < -0.39 is 38.7 Å². The lowest BCUT2D eigenvalue weighted by Gasteiger charge is -2.11. The maximum absolute atomic E-state index is 14.3. The van der Waals surface area contributed by atoms with E-state index in [1.165, 1.54) is 18.3 Å². The first-order chi connectivity index (χ1) is 14.5. The van der Waals surface area contributed by atoms with E-state index in [2.05, 4.69) is 19.8 Å². The van der Waals surface area contributed by atoms with Crippen molar-refractivity contribution in [2.75, 3.05) is 4.72 Å². The van der Waals surface area contributed by atoms with Gasteiger partial charge in [0, 0.05) is 24.7 Å². The van der Waals surface area contributed by atoms with Crippen LogP contribution in [-0.2, 0) is 23.1 Å². The normalized spacial score (nSPS) is 12.0. The van der Waals surface area contributed by atoms with Crippen LogP contribution in [0, 0.1) is 11.6 Å². The van der Waals surface area contributed by atoms with Gasteiger partial charge in [-0.15, -0.1) is 24.5 Å². The van der Waals surface area contributed by atoms with Gasteiger partial charge in [0.1, 0.15) is 10.7 Å². The Bertz CT molecular complexity index is 1150.